The summed E-state index contributed by atoms with van der Waals surface area (Å²) >= 11 is 0. The molecule has 0 aliphatic carbocycles. The minimum atomic E-state index is -0.645. The number of carbonyl (C=O) groups is 3. The van der Waals surface area contributed by atoms with Gasteiger partial charge in [0.1, 0.15) is 5.75 Å². The van der Waals surface area contributed by atoms with E-state index in [1.54, 1.807) is 54.6 Å². The van der Waals surface area contributed by atoms with Gasteiger partial charge in [-0.1, -0.05) is 53.1 Å². The largest absolute Gasteiger partial charge is 0.423 e. The first-order valence-corrected chi connectivity index (χ1v) is 11.3. The van der Waals surface area contributed by atoms with E-state index in [2.05, 4.69) is 0 Å². The standard InChI is InChI=1S/C30H24O6/c1-19-7-4-10-22(15-19)28(31)34-25-13-14-26(35-29(32)23-11-5-8-20(2)16-23)27(18-25)36-30(33)24-12-6-9-21(3)17-24/h4-18H,1-3H3. The molecule has 0 aliphatic rings. The molecule has 0 bridgehead atoms. The Balaban J connectivity index is 1.63. The van der Waals surface area contributed by atoms with Crippen molar-refractivity contribution in [2.45, 2.75) is 20.8 Å². The van der Waals surface area contributed by atoms with Crippen molar-refractivity contribution in [2.75, 3.05) is 0 Å². The smallest absolute Gasteiger partial charge is 0.343 e. The highest BCUT2D eigenvalue weighted by Crippen LogP contribution is 2.33. The number of hydrogen-bond acceptors (Lipinski definition) is 6. The van der Waals surface area contributed by atoms with Crippen LogP contribution in [-0.4, -0.2) is 17.9 Å². The van der Waals surface area contributed by atoms with Crippen LogP contribution in [0.25, 0.3) is 0 Å². The summed E-state index contributed by atoms with van der Waals surface area (Å²) in [6, 6.07) is 25.1. The van der Waals surface area contributed by atoms with Gasteiger partial charge in [-0.25, -0.2) is 14.4 Å². The van der Waals surface area contributed by atoms with Crippen LogP contribution in [0.15, 0.2) is 91.0 Å². The first-order valence-electron chi connectivity index (χ1n) is 11.3. The van der Waals surface area contributed by atoms with Crippen LogP contribution in [-0.2, 0) is 0 Å². The third-order valence-electron chi connectivity index (χ3n) is 5.29. The van der Waals surface area contributed by atoms with Gasteiger partial charge in [0.05, 0.1) is 16.7 Å². The Labute approximate surface area is 209 Å². The summed E-state index contributed by atoms with van der Waals surface area (Å²) in [4.78, 5) is 38.2. The van der Waals surface area contributed by atoms with Gasteiger partial charge in [-0.3, -0.25) is 0 Å². The number of benzene rings is 4. The summed E-state index contributed by atoms with van der Waals surface area (Å²) < 4.78 is 16.6. The number of esters is 3. The summed E-state index contributed by atoms with van der Waals surface area (Å²) in [6.07, 6.45) is 0. The maximum Gasteiger partial charge on any atom is 0.343 e. The molecule has 4 rings (SSSR count). The second kappa shape index (κ2) is 10.7. The molecule has 180 valence electrons. The number of carbonyl (C=O) groups excluding carboxylic acids is 3. The van der Waals surface area contributed by atoms with E-state index in [0.717, 1.165) is 16.7 Å². The summed E-state index contributed by atoms with van der Waals surface area (Å²) in [6.45, 7) is 5.59. The molecule has 0 fully saturated rings. The first-order chi connectivity index (χ1) is 17.3. The van der Waals surface area contributed by atoms with E-state index in [9.17, 15) is 14.4 Å². The highest BCUT2D eigenvalue weighted by atomic mass is 16.6. The Bertz CT molecular complexity index is 1450. The van der Waals surface area contributed by atoms with Crippen molar-refractivity contribution in [3.63, 3.8) is 0 Å². The summed E-state index contributed by atoms with van der Waals surface area (Å²) in [7, 11) is 0. The fourth-order valence-electron chi connectivity index (χ4n) is 3.52. The van der Waals surface area contributed by atoms with Crippen molar-refractivity contribution in [3.8, 4) is 17.2 Å². The first kappa shape index (κ1) is 24.4. The quantitative estimate of drug-likeness (QED) is 0.239. The highest BCUT2D eigenvalue weighted by Gasteiger charge is 2.19. The zero-order chi connectivity index (χ0) is 25.7. The van der Waals surface area contributed by atoms with E-state index in [0.29, 0.717) is 16.7 Å². The fraction of sp³-hybridized carbons (Fsp3) is 0.100. The van der Waals surface area contributed by atoms with Crippen LogP contribution < -0.4 is 14.2 Å². The molecule has 0 aromatic heterocycles. The van der Waals surface area contributed by atoms with Crippen molar-refractivity contribution in [3.05, 3.63) is 124 Å². The maximum atomic E-state index is 12.8. The van der Waals surface area contributed by atoms with Crippen LogP contribution in [0.5, 0.6) is 17.2 Å². The molecule has 0 heterocycles. The Morgan fingerprint density at radius 2 is 0.889 bits per heavy atom. The number of rotatable bonds is 6. The Hall–Kier alpha value is -4.71. The lowest BCUT2D eigenvalue weighted by molar-refractivity contribution is 0.0679. The normalized spacial score (nSPS) is 10.4. The average molecular weight is 481 g/mol. The molecule has 36 heavy (non-hydrogen) atoms. The predicted octanol–water partition coefficient (Wildman–Crippen LogP) is 6.27. The van der Waals surface area contributed by atoms with E-state index < -0.39 is 17.9 Å². The van der Waals surface area contributed by atoms with Gasteiger partial charge in [0, 0.05) is 6.07 Å². The van der Waals surface area contributed by atoms with Crippen molar-refractivity contribution in [1.82, 2.24) is 0 Å². The molecule has 0 saturated heterocycles. The van der Waals surface area contributed by atoms with Crippen molar-refractivity contribution in [1.29, 1.82) is 0 Å². The molecular weight excluding hydrogens is 456 g/mol. The predicted molar refractivity (Wildman–Crippen MR) is 135 cm³/mol. The van der Waals surface area contributed by atoms with Gasteiger partial charge in [0.25, 0.3) is 0 Å². The van der Waals surface area contributed by atoms with Crippen LogP contribution in [0.1, 0.15) is 47.8 Å². The highest BCUT2D eigenvalue weighted by molar-refractivity contribution is 5.94. The number of aryl methyl sites for hydroxylation is 3. The second-order valence-electron chi connectivity index (χ2n) is 8.39. The van der Waals surface area contributed by atoms with E-state index >= 15 is 0 Å². The van der Waals surface area contributed by atoms with E-state index in [1.165, 1.54) is 18.2 Å². The van der Waals surface area contributed by atoms with Gasteiger partial charge in [0.15, 0.2) is 11.5 Å². The Kier molecular flexibility index (Phi) is 7.25. The molecule has 0 amide bonds. The molecule has 0 N–H and O–H groups in total. The van der Waals surface area contributed by atoms with Crippen molar-refractivity contribution < 1.29 is 28.6 Å². The van der Waals surface area contributed by atoms with Gasteiger partial charge in [-0.15, -0.1) is 0 Å². The minimum absolute atomic E-state index is 0.0119. The van der Waals surface area contributed by atoms with E-state index in [-0.39, 0.29) is 17.2 Å². The monoisotopic (exact) mass is 480 g/mol. The maximum absolute atomic E-state index is 12.8. The number of ether oxygens (including phenoxy) is 3. The van der Waals surface area contributed by atoms with Gasteiger partial charge in [0.2, 0.25) is 0 Å². The molecule has 6 heteroatoms. The summed E-state index contributed by atoms with van der Waals surface area (Å²) in [5.74, 6) is -1.75. The molecule has 4 aromatic rings. The average Bonchev–Trinajstić information content (AvgIpc) is 2.85. The van der Waals surface area contributed by atoms with Crippen LogP contribution >= 0.6 is 0 Å². The molecular formula is C30H24O6. The van der Waals surface area contributed by atoms with Crippen LogP contribution in [0.2, 0.25) is 0 Å². The van der Waals surface area contributed by atoms with Crippen LogP contribution in [0.3, 0.4) is 0 Å². The van der Waals surface area contributed by atoms with Gasteiger partial charge in [-0.2, -0.15) is 0 Å². The topological polar surface area (TPSA) is 78.9 Å². The van der Waals surface area contributed by atoms with Crippen LogP contribution in [0.4, 0.5) is 0 Å². The van der Waals surface area contributed by atoms with E-state index in [4.69, 9.17) is 14.2 Å². The van der Waals surface area contributed by atoms with Crippen molar-refractivity contribution in [2.24, 2.45) is 0 Å². The summed E-state index contributed by atoms with van der Waals surface area (Å²) in [5.41, 5.74) is 3.75. The van der Waals surface area contributed by atoms with Gasteiger partial charge >= 0.3 is 17.9 Å². The molecule has 4 aromatic carbocycles. The van der Waals surface area contributed by atoms with Crippen LogP contribution in [0, 0.1) is 20.8 Å². The zero-order valence-electron chi connectivity index (χ0n) is 20.1. The Morgan fingerprint density at radius 3 is 1.33 bits per heavy atom. The van der Waals surface area contributed by atoms with E-state index in [1.807, 2.05) is 39.0 Å². The fourth-order valence-corrected chi connectivity index (χ4v) is 3.52. The summed E-state index contributed by atoms with van der Waals surface area (Å²) in [5, 5.41) is 0. The number of hydrogen-bond donors (Lipinski definition) is 0. The SMILES string of the molecule is Cc1cccc(C(=O)Oc2ccc(OC(=O)c3cccc(C)c3)c(OC(=O)c3cccc(C)c3)c2)c1. The molecule has 0 spiro atoms. The molecule has 6 nitrogen and oxygen atoms in total. The zero-order valence-corrected chi connectivity index (χ0v) is 20.1. The molecule has 0 unspecified atom stereocenters. The minimum Gasteiger partial charge on any atom is -0.423 e. The molecule has 0 atom stereocenters. The lowest BCUT2D eigenvalue weighted by atomic mass is 10.1. The van der Waals surface area contributed by atoms with Gasteiger partial charge < -0.3 is 14.2 Å². The Morgan fingerprint density at radius 1 is 0.472 bits per heavy atom. The lowest BCUT2D eigenvalue weighted by Gasteiger charge is -2.13. The van der Waals surface area contributed by atoms with Crippen molar-refractivity contribution >= 4 is 17.9 Å². The van der Waals surface area contributed by atoms with Gasteiger partial charge in [-0.05, 0) is 69.3 Å². The molecule has 0 saturated carbocycles. The molecule has 0 aliphatic heterocycles. The third-order valence-corrected chi connectivity index (χ3v) is 5.29. The second-order valence-corrected chi connectivity index (χ2v) is 8.39. The third kappa shape index (κ3) is 6.04. The lowest BCUT2D eigenvalue weighted by Crippen LogP contribution is -2.13. The molecule has 0 radical (unpaired) electrons.